The number of halogens is 1. The number of benzene rings is 1. The third-order valence-electron chi connectivity index (χ3n) is 3.51. The summed E-state index contributed by atoms with van der Waals surface area (Å²) in [6, 6.07) is 3.22. The first-order chi connectivity index (χ1) is 11.2. The monoisotopic (exact) mass is 336 g/mol. The molecule has 0 fully saturated rings. The maximum Gasteiger partial charge on any atom is 0.251 e. The molecule has 0 saturated carbocycles. The van der Waals surface area contributed by atoms with Gasteiger partial charge >= 0.3 is 0 Å². The van der Waals surface area contributed by atoms with Crippen molar-refractivity contribution in [2.24, 2.45) is 0 Å². The van der Waals surface area contributed by atoms with E-state index in [1.807, 2.05) is 11.5 Å². The van der Waals surface area contributed by atoms with Gasteiger partial charge < -0.3 is 19.4 Å². The van der Waals surface area contributed by atoms with Crippen molar-refractivity contribution in [3.8, 4) is 11.5 Å². The second kappa shape index (κ2) is 6.87. The topological polar surface area (TPSA) is 78.3 Å². The molecule has 0 saturated heterocycles. The molecule has 0 aliphatic carbocycles. The van der Waals surface area contributed by atoms with Gasteiger partial charge in [0.15, 0.2) is 17.3 Å². The van der Waals surface area contributed by atoms with Gasteiger partial charge in [0.05, 0.1) is 24.8 Å². The predicted molar refractivity (Wildman–Crippen MR) is 83.9 cm³/mol. The Labute approximate surface area is 138 Å². The van der Waals surface area contributed by atoms with Crippen LogP contribution in [0.2, 0.25) is 5.02 Å². The Morgan fingerprint density at radius 2 is 2.22 bits per heavy atom. The van der Waals surface area contributed by atoms with E-state index in [0.29, 0.717) is 47.7 Å². The highest BCUT2D eigenvalue weighted by Crippen LogP contribution is 2.37. The molecule has 1 aliphatic rings. The van der Waals surface area contributed by atoms with Crippen LogP contribution in [0.3, 0.4) is 0 Å². The summed E-state index contributed by atoms with van der Waals surface area (Å²) in [6.45, 7) is 4.10. The first kappa shape index (κ1) is 15.6. The van der Waals surface area contributed by atoms with Crippen molar-refractivity contribution < 1.29 is 14.3 Å². The standard InChI is InChI=1S/C15H17ClN4O3/c1-2-20-9-18-19-13(20)8-17-15(21)10-6-11(16)14-12(7-10)22-4-3-5-23-14/h6-7,9H,2-5,8H2,1H3,(H,17,21). The fourth-order valence-corrected chi connectivity index (χ4v) is 2.57. The van der Waals surface area contributed by atoms with Crippen molar-refractivity contribution in [2.45, 2.75) is 26.4 Å². The van der Waals surface area contributed by atoms with Crippen LogP contribution in [0.4, 0.5) is 0 Å². The summed E-state index contributed by atoms with van der Waals surface area (Å²) in [6.07, 6.45) is 2.41. The van der Waals surface area contributed by atoms with Gasteiger partial charge in [-0.05, 0) is 19.1 Å². The van der Waals surface area contributed by atoms with Crippen molar-refractivity contribution in [3.63, 3.8) is 0 Å². The normalized spacial score (nSPS) is 13.5. The van der Waals surface area contributed by atoms with Crippen molar-refractivity contribution in [1.29, 1.82) is 0 Å². The molecular weight excluding hydrogens is 320 g/mol. The van der Waals surface area contributed by atoms with Gasteiger partial charge in [-0.3, -0.25) is 4.79 Å². The number of nitrogens with one attached hydrogen (secondary N) is 1. The molecule has 2 aromatic rings. The third-order valence-corrected chi connectivity index (χ3v) is 3.79. The predicted octanol–water partition coefficient (Wildman–Crippen LogP) is 2.04. The first-order valence-corrected chi connectivity index (χ1v) is 7.81. The van der Waals surface area contributed by atoms with E-state index >= 15 is 0 Å². The van der Waals surface area contributed by atoms with Crippen molar-refractivity contribution in [3.05, 3.63) is 34.9 Å². The molecular formula is C15H17ClN4O3. The molecule has 2 heterocycles. The molecule has 1 aliphatic heterocycles. The number of hydrogen-bond acceptors (Lipinski definition) is 5. The Morgan fingerprint density at radius 1 is 1.39 bits per heavy atom. The molecule has 0 spiro atoms. The van der Waals surface area contributed by atoms with Gasteiger partial charge in [-0.15, -0.1) is 10.2 Å². The highest BCUT2D eigenvalue weighted by molar-refractivity contribution is 6.32. The quantitative estimate of drug-likeness (QED) is 0.924. The number of carbonyl (C=O) groups is 1. The van der Waals surface area contributed by atoms with Gasteiger partial charge in [0.2, 0.25) is 0 Å². The highest BCUT2D eigenvalue weighted by Gasteiger charge is 2.18. The molecule has 1 aromatic carbocycles. The van der Waals surface area contributed by atoms with Crippen LogP contribution in [0.15, 0.2) is 18.5 Å². The second-order valence-corrected chi connectivity index (χ2v) is 5.46. The van der Waals surface area contributed by atoms with Gasteiger partial charge in [-0.25, -0.2) is 0 Å². The zero-order chi connectivity index (χ0) is 16.2. The fraction of sp³-hybridized carbons (Fsp3) is 0.400. The van der Waals surface area contributed by atoms with Crippen LogP contribution >= 0.6 is 11.6 Å². The van der Waals surface area contributed by atoms with E-state index in [0.717, 1.165) is 13.0 Å². The van der Waals surface area contributed by atoms with Gasteiger partial charge in [0.25, 0.3) is 5.91 Å². The number of rotatable bonds is 4. The average molecular weight is 337 g/mol. The summed E-state index contributed by atoms with van der Waals surface area (Å²) in [5, 5.41) is 11.0. The second-order valence-electron chi connectivity index (χ2n) is 5.05. The number of carbonyl (C=O) groups excluding carboxylic acids is 1. The Morgan fingerprint density at radius 3 is 3.04 bits per heavy atom. The molecule has 0 bridgehead atoms. The van der Waals surface area contributed by atoms with Crippen LogP contribution in [-0.4, -0.2) is 33.9 Å². The number of aryl methyl sites for hydroxylation is 1. The first-order valence-electron chi connectivity index (χ1n) is 7.43. The van der Waals surface area contributed by atoms with E-state index in [9.17, 15) is 4.79 Å². The lowest BCUT2D eigenvalue weighted by atomic mass is 10.2. The number of hydrogen-bond donors (Lipinski definition) is 1. The number of amides is 1. The van der Waals surface area contributed by atoms with Crippen LogP contribution < -0.4 is 14.8 Å². The minimum atomic E-state index is -0.256. The lowest BCUT2D eigenvalue weighted by Gasteiger charge is -2.12. The molecule has 23 heavy (non-hydrogen) atoms. The van der Waals surface area contributed by atoms with Gasteiger partial charge in [0, 0.05) is 18.5 Å². The lowest BCUT2D eigenvalue weighted by Crippen LogP contribution is -2.24. The van der Waals surface area contributed by atoms with Crippen LogP contribution in [0.5, 0.6) is 11.5 Å². The van der Waals surface area contributed by atoms with Crippen LogP contribution in [0.1, 0.15) is 29.5 Å². The summed E-state index contributed by atoms with van der Waals surface area (Å²) in [4.78, 5) is 12.3. The maximum atomic E-state index is 12.3. The summed E-state index contributed by atoms with van der Waals surface area (Å²) in [7, 11) is 0. The molecule has 0 unspecified atom stereocenters. The maximum absolute atomic E-state index is 12.3. The zero-order valence-electron chi connectivity index (χ0n) is 12.7. The van der Waals surface area contributed by atoms with E-state index in [2.05, 4.69) is 15.5 Å². The zero-order valence-corrected chi connectivity index (χ0v) is 13.5. The molecule has 1 amide bonds. The van der Waals surface area contributed by atoms with Gasteiger partial charge in [0.1, 0.15) is 6.33 Å². The minimum Gasteiger partial charge on any atom is -0.489 e. The molecule has 0 radical (unpaired) electrons. The molecule has 1 N–H and O–H groups in total. The van der Waals surface area contributed by atoms with E-state index in [4.69, 9.17) is 21.1 Å². The third kappa shape index (κ3) is 3.39. The Kier molecular flexibility index (Phi) is 4.66. The number of fused-ring (bicyclic) bond motifs is 1. The fourth-order valence-electron chi connectivity index (χ4n) is 2.30. The Balaban J connectivity index is 1.75. The number of nitrogens with zero attached hydrogens (tertiary/aromatic N) is 3. The van der Waals surface area contributed by atoms with Crippen LogP contribution in [0.25, 0.3) is 0 Å². The average Bonchev–Trinajstić information content (AvgIpc) is 2.87. The van der Waals surface area contributed by atoms with E-state index < -0.39 is 0 Å². The Bertz CT molecular complexity index is 717. The van der Waals surface area contributed by atoms with Gasteiger partial charge in [-0.1, -0.05) is 11.6 Å². The van der Waals surface area contributed by atoms with Crippen LogP contribution in [-0.2, 0) is 13.1 Å². The van der Waals surface area contributed by atoms with Crippen molar-refractivity contribution in [2.75, 3.05) is 13.2 Å². The molecule has 0 atom stereocenters. The van der Waals surface area contributed by atoms with Crippen molar-refractivity contribution in [1.82, 2.24) is 20.1 Å². The van der Waals surface area contributed by atoms with Crippen LogP contribution in [0, 0.1) is 0 Å². The number of ether oxygens (including phenoxy) is 2. The summed E-state index contributed by atoms with van der Waals surface area (Å²) in [5.74, 6) is 1.43. The summed E-state index contributed by atoms with van der Waals surface area (Å²) >= 11 is 6.20. The lowest BCUT2D eigenvalue weighted by molar-refractivity contribution is 0.0949. The number of aromatic nitrogens is 3. The van der Waals surface area contributed by atoms with Crippen molar-refractivity contribution >= 4 is 17.5 Å². The largest absolute Gasteiger partial charge is 0.489 e. The SMILES string of the molecule is CCn1cnnc1CNC(=O)c1cc(Cl)c2c(c1)OCCCO2. The Hall–Kier alpha value is -2.28. The minimum absolute atomic E-state index is 0.256. The van der Waals surface area contributed by atoms with Gasteiger partial charge in [-0.2, -0.15) is 0 Å². The molecule has 8 heteroatoms. The molecule has 3 rings (SSSR count). The molecule has 122 valence electrons. The molecule has 7 nitrogen and oxygen atoms in total. The van der Waals surface area contributed by atoms with E-state index in [-0.39, 0.29) is 5.91 Å². The summed E-state index contributed by atoms with van der Waals surface area (Å²) in [5.41, 5.74) is 0.418. The van der Waals surface area contributed by atoms with E-state index in [1.54, 1.807) is 18.5 Å². The molecule has 1 aromatic heterocycles. The van der Waals surface area contributed by atoms with E-state index in [1.165, 1.54) is 0 Å². The smallest absolute Gasteiger partial charge is 0.251 e. The summed E-state index contributed by atoms with van der Waals surface area (Å²) < 4.78 is 13.0. The highest BCUT2D eigenvalue weighted by atomic mass is 35.5.